The highest BCUT2D eigenvalue weighted by Gasteiger charge is 2.40. The molecule has 1 spiro atoms. The molecule has 0 amide bonds. The molecule has 0 radical (unpaired) electrons. The van der Waals surface area contributed by atoms with Crippen LogP contribution in [0.3, 0.4) is 0 Å². The molecule has 0 bridgehead atoms. The fourth-order valence-corrected chi connectivity index (χ4v) is 3.11. The molecule has 1 unspecified atom stereocenters. The van der Waals surface area contributed by atoms with Gasteiger partial charge in [-0.3, -0.25) is 0 Å². The lowest BCUT2D eigenvalue weighted by Gasteiger charge is -2.40. The van der Waals surface area contributed by atoms with Gasteiger partial charge in [-0.05, 0) is 18.9 Å². The van der Waals surface area contributed by atoms with Crippen LogP contribution in [0.15, 0.2) is 18.2 Å². The van der Waals surface area contributed by atoms with Gasteiger partial charge in [0.1, 0.15) is 17.1 Å². The predicted octanol–water partition coefficient (Wildman–Crippen LogP) is 2.42. The maximum absolute atomic E-state index is 6.33. The molecular formula is C15H21NO3. The van der Waals surface area contributed by atoms with Crippen LogP contribution in [0.4, 0.5) is 0 Å². The van der Waals surface area contributed by atoms with Crippen molar-refractivity contribution in [3.8, 4) is 11.5 Å². The van der Waals surface area contributed by atoms with Gasteiger partial charge in [-0.25, -0.2) is 0 Å². The summed E-state index contributed by atoms with van der Waals surface area (Å²) in [5, 5.41) is 0. The van der Waals surface area contributed by atoms with E-state index in [0.717, 1.165) is 56.0 Å². The number of rotatable bonds is 1. The SMILES string of the molecule is COc1ccc2c(c1)OC1(CCCOCC1)C[C@@H]2N. The van der Waals surface area contributed by atoms with Crippen LogP contribution in [0.25, 0.3) is 0 Å². The van der Waals surface area contributed by atoms with Gasteiger partial charge in [0.15, 0.2) is 0 Å². The summed E-state index contributed by atoms with van der Waals surface area (Å²) < 4.78 is 17.1. The molecule has 4 heteroatoms. The third kappa shape index (κ3) is 2.42. The van der Waals surface area contributed by atoms with Gasteiger partial charge in [-0.2, -0.15) is 0 Å². The third-order valence-electron chi connectivity index (χ3n) is 4.16. The molecule has 2 N–H and O–H groups in total. The molecule has 4 nitrogen and oxygen atoms in total. The summed E-state index contributed by atoms with van der Waals surface area (Å²) in [7, 11) is 1.67. The van der Waals surface area contributed by atoms with Crippen molar-refractivity contribution >= 4 is 0 Å². The second-order valence-corrected chi connectivity index (χ2v) is 5.47. The van der Waals surface area contributed by atoms with Gasteiger partial charge >= 0.3 is 0 Å². The molecule has 0 aromatic heterocycles. The summed E-state index contributed by atoms with van der Waals surface area (Å²) in [6.45, 7) is 1.58. The smallest absolute Gasteiger partial charge is 0.128 e. The van der Waals surface area contributed by atoms with E-state index in [9.17, 15) is 0 Å². The average molecular weight is 263 g/mol. The Balaban J connectivity index is 1.92. The summed E-state index contributed by atoms with van der Waals surface area (Å²) >= 11 is 0. The van der Waals surface area contributed by atoms with Crippen LogP contribution in [-0.4, -0.2) is 25.9 Å². The number of methoxy groups -OCH3 is 1. The molecular weight excluding hydrogens is 242 g/mol. The van der Waals surface area contributed by atoms with Crippen LogP contribution in [0, 0.1) is 0 Å². The Morgan fingerprint density at radius 1 is 1.32 bits per heavy atom. The Labute approximate surface area is 113 Å². The number of ether oxygens (including phenoxy) is 3. The van der Waals surface area contributed by atoms with Crippen LogP contribution in [0.5, 0.6) is 11.5 Å². The largest absolute Gasteiger partial charge is 0.497 e. The van der Waals surface area contributed by atoms with Crippen molar-refractivity contribution in [1.29, 1.82) is 0 Å². The van der Waals surface area contributed by atoms with E-state index < -0.39 is 0 Å². The molecule has 2 aliphatic rings. The Hall–Kier alpha value is -1.26. The minimum atomic E-state index is -0.157. The maximum Gasteiger partial charge on any atom is 0.128 e. The van der Waals surface area contributed by atoms with Crippen molar-refractivity contribution in [2.45, 2.75) is 37.3 Å². The van der Waals surface area contributed by atoms with Crippen LogP contribution in [-0.2, 0) is 4.74 Å². The minimum Gasteiger partial charge on any atom is -0.497 e. The molecule has 2 aliphatic heterocycles. The molecule has 2 heterocycles. The summed E-state index contributed by atoms with van der Waals surface area (Å²) in [6.07, 6.45) is 3.83. The average Bonchev–Trinajstić information content (AvgIpc) is 2.63. The Kier molecular flexibility index (Phi) is 3.37. The normalized spacial score (nSPS) is 30.3. The molecule has 1 fully saturated rings. The lowest BCUT2D eigenvalue weighted by Crippen LogP contribution is -2.43. The summed E-state index contributed by atoms with van der Waals surface area (Å²) in [5.41, 5.74) is 7.26. The van der Waals surface area contributed by atoms with Crippen LogP contribution < -0.4 is 15.2 Å². The zero-order valence-electron chi connectivity index (χ0n) is 11.4. The van der Waals surface area contributed by atoms with Gasteiger partial charge in [-0.15, -0.1) is 0 Å². The molecule has 2 atom stereocenters. The lowest BCUT2D eigenvalue weighted by atomic mass is 9.82. The highest BCUT2D eigenvalue weighted by Crippen LogP contribution is 2.44. The van der Waals surface area contributed by atoms with Crippen molar-refractivity contribution in [2.24, 2.45) is 5.73 Å². The molecule has 3 rings (SSSR count). The van der Waals surface area contributed by atoms with Gasteiger partial charge < -0.3 is 19.9 Å². The van der Waals surface area contributed by atoms with Crippen LogP contribution >= 0.6 is 0 Å². The number of fused-ring (bicyclic) bond motifs is 1. The maximum atomic E-state index is 6.33. The van der Waals surface area contributed by atoms with Crippen molar-refractivity contribution in [2.75, 3.05) is 20.3 Å². The highest BCUT2D eigenvalue weighted by atomic mass is 16.5. The first-order valence-electron chi connectivity index (χ1n) is 6.93. The molecule has 1 aromatic rings. The van der Waals surface area contributed by atoms with E-state index in [1.807, 2.05) is 18.2 Å². The summed E-state index contributed by atoms with van der Waals surface area (Å²) in [4.78, 5) is 0. The van der Waals surface area contributed by atoms with Gasteiger partial charge in [0.05, 0.1) is 13.7 Å². The van der Waals surface area contributed by atoms with Crippen molar-refractivity contribution in [3.63, 3.8) is 0 Å². The van der Waals surface area contributed by atoms with Crippen LogP contribution in [0.2, 0.25) is 0 Å². The Morgan fingerprint density at radius 3 is 3.05 bits per heavy atom. The zero-order valence-corrected chi connectivity index (χ0v) is 11.4. The van der Waals surface area contributed by atoms with Gasteiger partial charge in [0.2, 0.25) is 0 Å². The topological polar surface area (TPSA) is 53.7 Å². The van der Waals surface area contributed by atoms with Crippen LogP contribution in [0.1, 0.15) is 37.3 Å². The lowest BCUT2D eigenvalue weighted by molar-refractivity contribution is 0.0154. The summed E-state index contributed by atoms with van der Waals surface area (Å²) in [5.74, 6) is 1.69. The molecule has 0 aliphatic carbocycles. The van der Waals surface area contributed by atoms with Gasteiger partial charge in [0.25, 0.3) is 0 Å². The molecule has 19 heavy (non-hydrogen) atoms. The molecule has 0 saturated carbocycles. The van der Waals surface area contributed by atoms with E-state index in [-0.39, 0.29) is 11.6 Å². The van der Waals surface area contributed by atoms with E-state index in [2.05, 4.69) is 0 Å². The highest BCUT2D eigenvalue weighted by molar-refractivity contribution is 5.44. The second kappa shape index (κ2) is 5.02. The van der Waals surface area contributed by atoms with Gasteiger partial charge in [-0.1, -0.05) is 6.07 Å². The van der Waals surface area contributed by atoms with E-state index in [1.54, 1.807) is 7.11 Å². The van der Waals surface area contributed by atoms with E-state index in [4.69, 9.17) is 19.9 Å². The zero-order chi connectivity index (χ0) is 13.3. The Morgan fingerprint density at radius 2 is 2.21 bits per heavy atom. The number of benzene rings is 1. The standard InChI is InChI=1S/C15H21NO3/c1-17-11-3-4-12-13(16)10-15(19-14(12)9-11)5-2-7-18-8-6-15/h3-4,9,13H,2,5-8,10,16H2,1H3/t13-,15?/m0/s1. The predicted molar refractivity (Wildman–Crippen MR) is 72.6 cm³/mol. The first-order chi connectivity index (χ1) is 9.22. The van der Waals surface area contributed by atoms with E-state index in [0.29, 0.717) is 0 Å². The Bertz CT molecular complexity index is 453. The first-order valence-corrected chi connectivity index (χ1v) is 6.93. The third-order valence-corrected chi connectivity index (χ3v) is 4.16. The van der Waals surface area contributed by atoms with Gasteiger partial charge in [0, 0.05) is 37.1 Å². The first kappa shape index (κ1) is 12.8. The number of hydrogen-bond donors (Lipinski definition) is 1. The fourth-order valence-electron chi connectivity index (χ4n) is 3.11. The number of nitrogens with two attached hydrogens (primary N) is 1. The van der Waals surface area contributed by atoms with Crippen molar-refractivity contribution < 1.29 is 14.2 Å². The fraction of sp³-hybridized carbons (Fsp3) is 0.600. The summed E-state index contributed by atoms with van der Waals surface area (Å²) in [6, 6.07) is 5.93. The van der Waals surface area contributed by atoms with Crippen molar-refractivity contribution in [3.05, 3.63) is 23.8 Å². The monoisotopic (exact) mass is 263 g/mol. The van der Waals surface area contributed by atoms with Crippen molar-refractivity contribution in [1.82, 2.24) is 0 Å². The molecule has 1 aromatic carbocycles. The van der Waals surface area contributed by atoms with E-state index >= 15 is 0 Å². The minimum absolute atomic E-state index is 0.0350. The molecule has 104 valence electrons. The second-order valence-electron chi connectivity index (χ2n) is 5.47. The number of hydrogen-bond acceptors (Lipinski definition) is 4. The van der Waals surface area contributed by atoms with E-state index in [1.165, 1.54) is 0 Å². The quantitative estimate of drug-likeness (QED) is 0.845. The molecule has 1 saturated heterocycles.